The molecular weight excluding hydrogens is 392 g/mol. The second kappa shape index (κ2) is 9.29. The van der Waals surface area contributed by atoms with Gasteiger partial charge in [0.05, 0.1) is 41.9 Å². The number of rotatable bonds is 8. The number of ketones is 1. The molecule has 30 heavy (non-hydrogen) atoms. The normalized spacial score (nSPS) is 18.0. The van der Waals surface area contributed by atoms with Gasteiger partial charge >= 0.3 is 0 Å². The van der Waals surface area contributed by atoms with Gasteiger partial charge in [0, 0.05) is 18.2 Å². The Hall–Kier alpha value is -3.56. The summed E-state index contributed by atoms with van der Waals surface area (Å²) in [6, 6.07) is 12.8. The molecular formula is C21H20N2O7. The summed E-state index contributed by atoms with van der Waals surface area (Å²) in [6.07, 6.45) is 0. The molecule has 1 aliphatic rings. The number of nitro groups is 1. The highest BCUT2D eigenvalue weighted by atomic mass is 16.6. The summed E-state index contributed by atoms with van der Waals surface area (Å²) in [5.74, 6) is -2.22. The van der Waals surface area contributed by atoms with Crippen molar-refractivity contribution < 1.29 is 29.5 Å². The zero-order valence-corrected chi connectivity index (χ0v) is 15.9. The molecule has 0 aromatic heterocycles. The van der Waals surface area contributed by atoms with Crippen LogP contribution >= 0.6 is 0 Å². The number of aliphatic hydroxyl groups excluding tert-OH is 2. The average Bonchev–Trinajstić information content (AvgIpc) is 3.01. The van der Waals surface area contributed by atoms with Crippen LogP contribution in [0.25, 0.3) is 5.76 Å². The molecule has 2 aromatic rings. The summed E-state index contributed by atoms with van der Waals surface area (Å²) in [4.78, 5) is 37.7. The first-order chi connectivity index (χ1) is 14.5. The molecule has 0 aliphatic carbocycles. The number of amides is 1. The van der Waals surface area contributed by atoms with Gasteiger partial charge in [-0.3, -0.25) is 19.7 Å². The van der Waals surface area contributed by atoms with Crippen molar-refractivity contribution in [2.45, 2.75) is 6.04 Å². The second-order valence-electron chi connectivity index (χ2n) is 6.51. The molecule has 1 aliphatic heterocycles. The molecule has 1 amide bonds. The van der Waals surface area contributed by atoms with Crippen LogP contribution in [-0.4, -0.2) is 58.1 Å². The van der Waals surface area contributed by atoms with Crippen LogP contribution in [0, 0.1) is 10.1 Å². The Balaban J connectivity index is 2.14. The van der Waals surface area contributed by atoms with Crippen LogP contribution in [0.2, 0.25) is 0 Å². The minimum Gasteiger partial charge on any atom is -0.507 e. The van der Waals surface area contributed by atoms with Gasteiger partial charge < -0.3 is 19.8 Å². The number of para-hydroxylation sites is 1. The number of benzene rings is 2. The van der Waals surface area contributed by atoms with E-state index < -0.39 is 28.4 Å². The first-order valence-electron chi connectivity index (χ1n) is 9.23. The smallest absolute Gasteiger partial charge is 0.295 e. The fourth-order valence-electron chi connectivity index (χ4n) is 3.40. The van der Waals surface area contributed by atoms with E-state index in [0.29, 0.717) is 5.56 Å². The van der Waals surface area contributed by atoms with E-state index in [-0.39, 0.29) is 43.2 Å². The summed E-state index contributed by atoms with van der Waals surface area (Å²) in [5.41, 5.74) is -0.0655. The Morgan fingerprint density at radius 2 is 1.73 bits per heavy atom. The highest BCUT2D eigenvalue weighted by molar-refractivity contribution is 6.46. The summed E-state index contributed by atoms with van der Waals surface area (Å²) >= 11 is 0. The van der Waals surface area contributed by atoms with Crippen molar-refractivity contribution in [2.24, 2.45) is 0 Å². The van der Waals surface area contributed by atoms with Gasteiger partial charge in [-0.25, -0.2) is 0 Å². The van der Waals surface area contributed by atoms with Gasteiger partial charge in [0.1, 0.15) is 5.76 Å². The highest BCUT2D eigenvalue weighted by Crippen LogP contribution is 2.42. The number of carbonyl (C=O) groups is 2. The zero-order chi connectivity index (χ0) is 21.7. The van der Waals surface area contributed by atoms with Crippen LogP contribution in [0.4, 0.5) is 5.69 Å². The molecule has 9 nitrogen and oxygen atoms in total. The van der Waals surface area contributed by atoms with E-state index in [1.54, 1.807) is 36.4 Å². The fraction of sp³-hybridized carbons (Fsp3) is 0.238. The van der Waals surface area contributed by atoms with Crippen LogP contribution in [0.3, 0.4) is 0 Å². The number of nitrogens with zero attached hydrogens (tertiary/aromatic N) is 2. The van der Waals surface area contributed by atoms with Gasteiger partial charge in [-0.1, -0.05) is 42.5 Å². The number of hydrogen-bond donors (Lipinski definition) is 2. The Kier molecular flexibility index (Phi) is 6.55. The standard InChI is InChI=1S/C21H20N2O7/c24-11-13-30-12-10-22-18(15-8-4-5-9-16(15)23(28)29)17(20(26)21(22)27)19(25)14-6-2-1-3-7-14/h1-9,18,24-25H,10-13H2/b19-17+. The zero-order valence-electron chi connectivity index (χ0n) is 15.9. The largest absolute Gasteiger partial charge is 0.507 e. The van der Waals surface area contributed by atoms with Crippen molar-refractivity contribution in [3.8, 4) is 0 Å². The molecule has 9 heteroatoms. The number of aliphatic hydroxyl groups is 2. The van der Waals surface area contributed by atoms with E-state index >= 15 is 0 Å². The number of Topliss-reactive ketones (excluding diaryl/α,β-unsaturated/α-hetero) is 1. The maximum atomic E-state index is 12.8. The minimum atomic E-state index is -1.15. The highest BCUT2D eigenvalue weighted by Gasteiger charge is 2.47. The molecule has 0 saturated carbocycles. The number of hydrogen-bond acceptors (Lipinski definition) is 7. The molecule has 0 spiro atoms. The molecule has 1 unspecified atom stereocenters. The van der Waals surface area contributed by atoms with E-state index in [2.05, 4.69) is 0 Å². The maximum absolute atomic E-state index is 12.8. The van der Waals surface area contributed by atoms with Crippen LogP contribution in [0.1, 0.15) is 17.2 Å². The van der Waals surface area contributed by atoms with Crippen molar-refractivity contribution in [3.63, 3.8) is 0 Å². The summed E-state index contributed by atoms with van der Waals surface area (Å²) < 4.78 is 5.20. The topological polar surface area (TPSA) is 130 Å². The molecule has 1 atom stereocenters. The second-order valence-corrected chi connectivity index (χ2v) is 6.51. The SMILES string of the molecule is O=C1C(=O)N(CCOCCO)C(c2ccccc2[N+](=O)[O-])/C1=C(\O)c1ccccc1. The minimum absolute atomic E-state index is 0.0100. The van der Waals surface area contributed by atoms with Crippen molar-refractivity contribution in [2.75, 3.05) is 26.4 Å². The van der Waals surface area contributed by atoms with Crippen LogP contribution in [0.15, 0.2) is 60.2 Å². The van der Waals surface area contributed by atoms with Gasteiger partial charge in [0.2, 0.25) is 0 Å². The Morgan fingerprint density at radius 3 is 2.40 bits per heavy atom. The fourth-order valence-corrected chi connectivity index (χ4v) is 3.40. The molecule has 2 aromatic carbocycles. The molecule has 2 N–H and O–H groups in total. The third kappa shape index (κ3) is 4.07. The lowest BCUT2D eigenvalue weighted by atomic mass is 9.94. The maximum Gasteiger partial charge on any atom is 0.295 e. The molecule has 1 heterocycles. The van der Waals surface area contributed by atoms with Crippen LogP contribution in [0.5, 0.6) is 0 Å². The lowest BCUT2D eigenvalue weighted by molar-refractivity contribution is -0.385. The lowest BCUT2D eigenvalue weighted by Crippen LogP contribution is -2.33. The van der Waals surface area contributed by atoms with Gasteiger partial charge in [-0.2, -0.15) is 0 Å². The summed E-state index contributed by atoms with van der Waals surface area (Å²) in [6.45, 7) is -0.201. The van der Waals surface area contributed by atoms with Gasteiger partial charge in [-0.15, -0.1) is 0 Å². The quantitative estimate of drug-likeness (QED) is 0.169. The monoisotopic (exact) mass is 412 g/mol. The predicted octanol–water partition coefficient (Wildman–Crippen LogP) is 2.03. The van der Waals surface area contributed by atoms with Crippen molar-refractivity contribution in [1.29, 1.82) is 0 Å². The Bertz CT molecular complexity index is 988. The summed E-state index contributed by atoms with van der Waals surface area (Å²) in [5, 5.41) is 31.3. The first kappa shape index (κ1) is 21.2. The van der Waals surface area contributed by atoms with Crippen LogP contribution in [-0.2, 0) is 14.3 Å². The third-order valence-corrected chi connectivity index (χ3v) is 4.73. The van der Waals surface area contributed by atoms with Gasteiger partial charge in [0.25, 0.3) is 17.4 Å². The molecule has 1 saturated heterocycles. The third-order valence-electron chi connectivity index (χ3n) is 4.73. The number of likely N-dealkylation sites (tertiary alicyclic amines) is 1. The van der Waals surface area contributed by atoms with E-state index in [0.717, 1.165) is 4.90 Å². The molecule has 156 valence electrons. The van der Waals surface area contributed by atoms with Crippen LogP contribution < -0.4 is 0 Å². The van der Waals surface area contributed by atoms with Crippen molar-refractivity contribution in [3.05, 3.63) is 81.4 Å². The molecule has 0 bridgehead atoms. The number of ether oxygens (including phenoxy) is 1. The number of carbonyl (C=O) groups excluding carboxylic acids is 2. The Labute approximate surface area is 172 Å². The first-order valence-corrected chi connectivity index (χ1v) is 9.23. The predicted molar refractivity (Wildman–Crippen MR) is 106 cm³/mol. The average molecular weight is 412 g/mol. The van der Waals surface area contributed by atoms with Crippen molar-refractivity contribution >= 4 is 23.1 Å². The molecule has 0 radical (unpaired) electrons. The van der Waals surface area contributed by atoms with E-state index in [4.69, 9.17) is 9.84 Å². The van der Waals surface area contributed by atoms with E-state index in [1.807, 2.05) is 0 Å². The van der Waals surface area contributed by atoms with E-state index in [1.165, 1.54) is 18.2 Å². The summed E-state index contributed by atoms with van der Waals surface area (Å²) in [7, 11) is 0. The molecule has 1 fully saturated rings. The molecule has 3 rings (SSSR count). The van der Waals surface area contributed by atoms with Gasteiger partial charge in [-0.05, 0) is 6.07 Å². The van der Waals surface area contributed by atoms with Gasteiger partial charge in [0.15, 0.2) is 0 Å². The Morgan fingerprint density at radius 1 is 1.07 bits per heavy atom. The van der Waals surface area contributed by atoms with Crippen molar-refractivity contribution in [1.82, 2.24) is 4.90 Å². The lowest BCUT2D eigenvalue weighted by Gasteiger charge is -2.25. The van der Waals surface area contributed by atoms with E-state index in [9.17, 15) is 24.8 Å². The number of nitro benzene ring substituents is 1.